The highest BCUT2D eigenvalue weighted by atomic mass is 32.1. The van der Waals surface area contributed by atoms with Gasteiger partial charge >= 0.3 is 0 Å². The Morgan fingerprint density at radius 1 is 1.24 bits per heavy atom. The molecule has 146 valence electrons. The first-order valence-electron chi connectivity index (χ1n) is 9.22. The minimum Gasteiger partial charge on any atom is -0.494 e. The van der Waals surface area contributed by atoms with Crippen molar-refractivity contribution in [3.63, 3.8) is 0 Å². The highest BCUT2D eigenvalue weighted by Crippen LogP contribution is 2.26. The fourth-order valence-electron chi connectivity index (χ4n) is 2.81. The molecule has 3 aromatic rings. The molecule has 0 aliphatic heterocycles. The van der Waals surface area contributed by atoms with Gasteiger partial charge in [-0.15, -0.1) is 17.9 Å². The standard InChI is InChI=1S/C23H21N3O2S/c1-3-13-26(15-18-7-5-17(14-24)6-8-18)23(27)21-16-29-22(25-21)19-9-11-20(12-10-19)28-4-2/h3,5-12,16H,1,4,13,15H2,2H3. The Labute approximate surface area is 174 Å². The smallest absolute Gasteiger partial charge is 0.273 e. The van der Waals surface area contributed by atoms with Crippen LogP contribution in [-0.4, -0.2) is 28.9 Å². The van der Waals surface area contributed by atoms with Crippen molar-refractivity contribution in [3.8, 4) is 22.4 Å². The molecule has 1 amide bonds. The second-order valence-corrected chi connectivity index (χ2v) is 7.14. The molecule has 6 heteroatoms. The molecule has 1 aromatic heterocycles. The second kappa shape index (κ2) is 9.67. The van der Waals surface area contributed by atoms with E-state index in [0.717, 1.165) is 21.9 Å². The van der Waals surface area contributed by atoms with Gasteiger partial charge < -0.3 is 9.64 Å². The summed E-state index contributed by atoms with van der Waals surface area (Å²) in [5, 5.41) is 11.5. The normalized spacial score (nSPS) is 10.2. The first-order valence-corrected chi connectivity index (χ1v) is 10.1. The minimum absolute atomic E-state index is 0.150. The van der Waals surface area contributed by atoms with Crippen LogP contribution in [0.25, 0.3) is 10.6 Å². The minimum atomic E-state index is -0.150. The van der Waals surface area contributed by atoms with Crippen molar-refractivity contribution in [1.29, 1.82) is 5.26 Å². The average molecular weight is 404 g/mol. The van der Waals surface area contributed by atoms with Gasteiger partial charge in [0.1, 0.15) is 16.5 Å². The van der Waals surface area contributed by atoms with E-state index in [9.17, 15) is 4.79 Å². The Morgan fingerprint density at radius 2 is 1.97 bits per heavy atom. The number of hydrogen-bond donors (Lipinski definition) is 0. The summed E-state index contributed by atoms with van der Waals surface area (Å²) in [4.78, 5) is 19.2. The molecule has 0 fully saturated rings. The molecule has 0 bridgehead atoms. The first-order chi connectivity index (χ1) is 14.1. The zero-order chi connectivity index (χ0) is 20.6. The lowest BCUT2D eigenvalue weighted by atomic mass is 10.1. The highest BCUT2D eigenvalue weighted by Gasteiger charge is 2.19. The number of rotatable bonds is 8. The fraction of sp³-hybridized carbons (Fsp3) is 0.174. The molecule has 29 heavy (non-hydrogen) atoms. The van der Waals surface area contributed by atoms with Gasteiger partial charge in [-0.25, -0.2) is 4.98 Å². The Morgan fingerprint density at radius 3 is 2.59 bits per heavy atom. The lowest BCUT2D eigenvalue weighted by Crippen LogP contribution is -2.31. The van der Waals surface area contributed by atoms with E-state index in [4.69, 9.17) is 10.00 Å². The number of carbonyl (C=O) groups excluding carboxylic acids is 1. The van der Waals surface area contributed by atoms with Crippen molar-refractivity contribution in [1.82, 2.24) is 9.88 Å². The van der Waals surface area contributed by atoms with Crippen molar-refractivity contribution in [2.45, 2.75) is 13.5 Å². The number of amides is 1. The largest absolute Gasteiger partial charge is 0.494 e. The van der Waals surface area contributed by atoms with Crippen molar-refractivity contribution < 1.29 is 9.53 Å². The van der Waals surface area contributed by atoms with Crippen LogP contribution in [0.15, 0.2) is 66.6 Å². The van der Waals surface area contributed by atoms with Crippen LogP contribution in [-0.2, 0) is 6.54 Å². The van der Waals surface area contributed by atoms with Gasteiger partial charge in [0.2, 0.25) is 0 Å². The number of ether oxygens (including phenoxy) is 1. The number of aromatic nitrogens is 1. The predicted octanol–water partition coefficient (Wildman–Crippen LogP) is 4.91. The molecular formula is C23H21N3O2S. The summed E-state index contributed by atoms with van der Waals surface area (Å²) < 4.78 is 5.46. The van der Waals surface area contributed by atoms with Crippen LogP contribution < -0.4 is 4.74 Å². The maximum atomic E-state index is 13.0. The SMILES string of the molecule is C=CCN(Cc1ccc(C#N)cc1)C(=O)c1csc(-c2ccc(OCC)cc2)n1. The summed E-state index contributed by atoms with van der Waals surface area (Å²) >= 11 is 1.44. The van der Waals surface area contributed by atoms with E-state index in [1.165, 1.54) is 11.3 Å². The van der Waals surface area contributed by atoms with E-state index in [1.807, 2.05) is 43.3 Å². The van der Waals surface area contributed by atoms with Crippen LogP contribution in [0, 0.1) is 11.3 Å². The second-order valence-electron chi connectivity index (χ2n) is 6.28. The van der Waals surface area contributed by atoms with Gasteiger partial charge in [0.25, 0.3) is 5.91 Å². The Kier molecular flexibility index (Phi) is 6.77. The average Bonchev–Trinajstić information content (AvgIpc) is 3.24. The van der Waals surface area contributed by atoms with Gasteiger partial charge in [0, 0.05) is 24.0 Å². The van der Waals surface area contributed by atoms with Crippen LogP contribution in [0.2, 0.25) is 0 Å². The summed E-state index contributed by atoms with van der Waals surface area (Å²) in [6, 6.07) is 17.0. The molecule has 5 nitrogen and oxygen atoms in total. The van der Waals surface area contributed by atoms with E-state index < -0.39 is 0 Å². The quantitative estimate of drug-likeness (QED) is 0.501. The monoisotopic (exact) mass is 403 g/mol. The van der Waals surface area contributed by atoms with E-state index >= 15 is 0 Å². The Balaban J connectivity index is 1.76. The van der Waals surface area contributed by atoms with Gasteiger partial charge in [-0.2, -0.15) is 5.26 Å². The van der Waals surface area contributed by atoms with E-state index in [0.29, 0.717) is 31.0 Å². The molecule has 0 N–H and O–H groups in total. The van der Waals surface area contributed by atoms with Crippen LogP contribution >= 0.6 is 11.3 Å². The summed E-state index contributed by atoms with van der Waals surface area (Å²) in [5.74, 6) is 0.659. The Hall–Kier alpha value is -3.43. The molecule has 0 unspecified atom stereocenters. The van der Waals surface area contributed by atoms with E-state index in [1.54, 1.807) is 28.5 Å². The molecule has 0 saturated carbocycles. The zero-order valence-corrected chi connectivity index (χ0v) is 17.0. The third kappa shape index (κ3) is 5.09. The number of nitriles is 1. The molecule has 0 spiro atoms. The van der Waals surface area contributed by atoms with Crippen molar-refractivity contribution in [2.75, 3.05) is 13.2 Å². The number of nitrogens with zero attached hydrogens (tertiary/aromatic N) is 3. The maximum absolute atomic E-state index is 13.0. The number of hydrogen-bond acceptors (Lipinski definition) is 5. The molecule has 3 rings (SSSR count). The summed E-state index contributed by atoms with van der Waals surface area (Å²) in [6.45, 7) is 7.15. The van der Waals surface area contributed by atoms with Crippen molar-refractivity contribution >= 4 is 17.2 Å². The molecule has 0 aliphatic carbocycles. The summed E-state index contributed by atoms with van der Waals surface area (Å²) in [7, 11) is 0. The van der Waals surface area contributed by atoms with Crippen molar-refractivity contribution in [3.05, 3.63) is 83.4 Å². The third-order valence-corrected chi connectivity index (χ3v) is 5.12. The van der Waals surface area contributed by atoms with Gasteiger partial charge in [0.05, 0.1) is 18.2 Å². The van der Waals surface area contributed by atoms with Crippen LogP contribution in [0.4, 0.5) is 0 Å². The molecule has 1 heterocycles. The summed E-state index contributed by atoms with van der Waals surface area (Å²) in [5.41, 5.74) is 2.89. The number of carbonyl (C=O) groups is 1. The van der Waals surface area contributed by atoms with E-state index in [2.05, 4.69) is 17.6 Å². The van der Waals surface area contributed by atoms with Crippen LogP contribution in [0.5, 0.6) is 5.75 Å². The van der Waals surface area contributed by atoms with Crippen LogP contribution in [0.1, 0.15) is 28.5 Å². The molecule has 0 aliphatic rings. The zero-order valence-electron chi connectivity index (χ0n) is 16.2. The predicted molar refractivity (Wildman–Crippen MR) is 115 cm³/mol. The molecular weight excluding hydrogens is 382 g/mol. The molecule has 2 aromatic carbocycles. The van der Waals surface area contributed by atoms with Crippen LogP contribution in [0.3, 0.4) is 0 Å². The number of thiazole rings is 1. The molecule has 0 radical (unpaired) electrons. The lowest BCUT2D eigenvalue weighted by molar-refractivity contribution is 0.0757. The topological polar surface area (TPSA) is 66.2 Å². The van der Waals surface area contributed by atoms with Gasteiger partial charge in [0.15, 0.2) is 0 Å². The third-order valence-electron chi connectivity index (χ3n) is 4.23. The van der Waals surface area contributed by atoms with Crippen molar-refractivity contribution in [2.24, 2.45) is 0 Å². The lowest BCUT2D eigenvalue weighted by Gasteiger charge is -2.20. The molecule has 0 atom stereocenters. The number of benzene rings is 2. The fourth-order valence-corrected chi connectivity index (χ4v) is 3.61. The maximum Gasteiger partial charge on any atom is 0.273 e. The van der Waals surface area contributed by atoms with Gasteiger partial charge in [-0.05, 0) is 48.9 Å². The highest BCUT2D eigenvalue weighted by molar-refractivity contribution is 7.13. The molecule has 0 saturated heterocycles. The van der Waals surface area contributed by atoms with Gasteiger partial charge in [-0.1, -0.05) is 18.2 Å². The van der Waals surface area contributed by atoms with E-state index in [-0.39, 0.29) is 5.91 Å². The summed E-state index contributed by atoms with van der Waals surface area (Å²) in [6.07, 6.45) is 1.70. The van der Waals surface area contributed by atoms with Gasteiger partial charge in [-0.3, -0.25) is 4.79 Å². The Bertz CT molecular complexity index is 1020. The first kappa shape index (κ1) is 20.3.